The molecule has 0 aliphatic rings. The Balaban J connectivity index is 1.94. The second-order valence-electron chi connectivity index (χ2n) is 6.33. The normalized spacial score (nSPS) is 11.0. The first-order chi connectivity index (χ1) is 12.5. The number of methoxy groups -OCH3 is 2. The van der Waals surface area contributed by atoms with Crippen molar-refractivity contribution in [3.05, 3.63) is 65.2 Å². The highest BCUT2D eigenvalue weighted by molar-refractivity contribution is 5.92. The monoisotopic (exact) mass is 355 g/mol. The minimum absolute atomic E-state index is 0.156. The maximum Gasteiger partial charge on any atom is 0.244 e. The van der Waals surface area contributed by atoms with E-state index in [1.54, 1.807) is 20.3 Å². The average molecular weight is 355 g/mol. The third-order valence-corrected chi connectivity index (χ3v) is 3.90. The van der Waals surface area contributed by atoms with Gasteiger partial charge >= 0.3 is 0 Å². The van der Waals surface area contributed by atoms with Gasteiger partial charge in [0.05, 0.1) is 28.3 Å². The average Bonchev–Trinajstić information content (AvgIpc) is 2.64. The summed E-state index contributed by atoms with van der Waals surface area (Å²) in [5.41, 5.74) is 3.14. The number of amides is 1. The van der Waals surface area contributed by atoms with Crippen molar-refractivity contribution in [2.75, 3.05) is 28.3 Å². The Morgan fingerprint density at radius 3 is 2.35 bits per heavy atom. The van der Waals surface area contributed by atoms with Gasteiger partial charge in [0.25, 0.3) is 0 Å². The summed E-state index contributed by atoms with van der Waals surface area (Å²) in [5, 5.41) is 2.89. The maximum atomic E-state index is 12.1. The van der Waals surface area contributed by atoms with Crippen molar-refractivity contribution in [1.82, 2.24) is 5.32 Å². The van der Waals surface area contributed by atoms with Crippen LogP contribution in [0.4, 0.5) is 0 Å². The fourth-order valence-corrected chi connectivity index (χ4v) is 2.64. The number of para-hydroxylation sites is 1. The lowest BCUT2D eigenvalue weighted by molar-refractivity contribution is -0.872. The molecule has 2 aromatic carbocycles. The third-order valence-electron chi connectivity index (χ3n) is 3.90. The van der Waals surface area contributed by atoms with Gasteiger partial charge in [-0.05, 0) is 17.7 Å². The molecular weight excluding hydrogens is 328 g/mol. The molecule has 0 aliphatic heterocycles. The van der Waals surface area contributed by atoms with Crippen LogP contribution in [-0.2, 0) is 17.9 Å². The van der Waals surface area contributed by atoms with Gasteiger partial charge in [-0.3, -0.25) is 4.79 Å². The highest BCUT2D eigenvalue weighted by atomic mass is 16.5. The van der Waals surface area contributed by atoms with E-state index in [1.165, 1.54) is 16.5 Å². The molecule has 0 saturated carbocycles. The number of carbonyl (C=O) groups excluding carboxylic acids is 1. The fraction of sp³-hybridized carbons (Fsp3) is 0.286. The summed E-state index contributed by atoms with van der Waals surface area (Å²) in [7, 11) is 7.41. The molecule has 2 N–H and O–H groups in total. The molecular formula is C21H27N2O3+. The first-order valence-corrected chi connectivity index (χ1v) is 8.57. The van der Waals surface area contributed by atoms with E-state index in [2.05, 4.69) is 31.5 Å². The first kappa shape index (κ1) is 19.5. The second-order valence-corrected chi connectivity index (χ2v) is 6.33. The highest BCUT2D eigenvalue weighted by Gasteiger charge is 2.07. The lowest BCUT2D eigenvalue weighted by Crippen LogP contribution is -3.04. The van der Waals surface area contributed by atoms with Gasteiger partial charge in [0.1, 0.15) is 6.54 Å². The SMILES string of the molecule is COc1cccc(/C=C/C(=O)NCc2ccc(C[NH+](C)C)cc2)c1OC. The van der Waals surface area contributed by atoms with Gasteiger partial charge in [0, 0.05) is 23.7 Å². The van der Waals surface area contributed by atoms with Crippen molar-refractivity contribution in [3.8, 4) is 11.5 Å². The smallest absolute Gasteiger partial charge is 0.244 e. The van der Waals surface area contributed by atoms with Gasteiger partial charge in [-0.15, -0.1) is 0 Å². The minimum atomic E-state index is -0.156. The molecule has 0 radical (unpaired) electrons. The fourth-order valence-electron chi connectivity index (χ4n) is 2.64. The van der Waals surface area contributed by atoms with E-state index in [0.717, 1.165) is 17.7 Å². The van der Waals surface area contributed by atoms with Crippen LogP contribution in [0.15, 0.2) is 48.5 Å². The zero-order valence-electron chi connectivity index (χ0n) is 15.8. The molecule has 0 unspecified atom stereocenters. The molecule has 0 saturated heterocycles. The van der Waals surface area contributed by atoms with Crippen molar-refractivity contribution < 1.29 is 19.2 Å². The largest absolute Gasteiger partial charge is 0.493 e. The van der Waals surface area contributed by atoms with E-state index in [1.807, 2.05) is 30.3 Å². The molecule has 0 fully saturated rings. The molecule has 0 spiro atoms. The van der Waals surface area contributed by atoms with Gasteiger partial charge in [-0.25, -0.2) is 0 Å². The Bertz CT molecular complexity index is 752. The Kier molecular flexibility index (Phi) is 7.24. The molecule has 1 amide bonds. The van der Waals surface area contributed by atoms with Gasteiger partial charge in [-0.1, -0.05) is 36.4 Å². The van der Waals surface area contributed by atoms with Crippen LogP contribution in [0.2, 0.25) is 0 Å². The van der Waals surface area contributed by atoms with Crippen LogP contribution >= 0.6 is 0 Å². The molecule has 2 aromatic rings. The zero-order valence-corrected chi connectivity index (χ0v) is 15.8. The molecule has 0 bridgehead atoms. The summed E-state index contributed by atoms with van der Waals surface area (Å²) < 4.78 is 10.6. The molecule has 0 atom stereocenters. The molecule has 0 aromatic heterocycles. The molecule has 5 heteroatoms. The molecule has 26 heavy (non-hydrogen) atoms. The molecule has 138 valence electrons. The summed E-state index contributed by atoms with van der Waals surface area (Å²) >= 11 is 0. The lowest BCUT2D eigenvalue weighted by Gasteiger charge is -2.10. The van der Waals surface area contributed by atoms with E-state index in [4.69, 9.17) is 9.47 Å². The summed E-state index contributed by atoms with van der Waals surface area (Å²) in [4.78, 5) is 13.5. The lowest BCUT2D eigenvalue weighted by atomic mass is 10.1. The standard InChI is InChI=1S/C21H26N2O3/c1-23(2)15-17-10-8-16(9-11-17)14-22-20(24)13-12-18-6-5-7-19(25-3)21(18)26-4/h5-13H,14-15H2,1-4H3,(H,22,24)/p+1/b13-12+. The van der Waals surface area contributed by atoms with Crippen molar-refractivity contribution in [1.29, 1.82) is 0 Å². The highest BCUT2D eigenvalue weighted by Crippen LogP contribution is 2.31. The topological polar surface area (TPSA) is 52.0 Å². The van der Waals surface area contributed by atoms with Crippen LogP contribution in [0.25, 0.3) is 6.08 Å². The van der Waals surface area contributed by atoms with Gasteiger partial charge in [0.2, 0.25) is 5.91 Å². The number of hydrogen-bond donors (Lipinski definition) is 2. The van der Waals surface area contributed by atoms with E-state index < -0.39 is 0 Å². The van der Waals surface area contributed by atoms with Crippen molar-refractivity contribution in [3.63, 3.8) is 0 Å². The number of rotatable bonds is 8. The summed E-state index contributed by atoms with van der Waals surface area (Å²) in [6, 6.07) is 13.8. The van der Waals surface area contributed by atoms with Crippen LogP contribution in [0.5, 0.6) is 11.5 Å². The van der Waals surface area contributed by atoms with Gasteiger partial charge in [-0.2, -0.15) is 0 Å². The Morgan fingerprint density at radius 2 is 1.73 bits per heavy atom. The third kappa shape index (κ3) is 5.63. The van der Waals surface area contributed by atoms with Gasteiger partial charge < -0.3 is 19.7 Å². The summed E-state index contributed by atoms with van der Waals surface area (Å²) in [6.45, 7) is 1.48. The Morgan fingerprint density at radius 1 is 1.04 bits per heavy atom. The van der Waals surface area contributed by atoms with Crippen LogP contribution in [0.1, 0.15) is 16.7 Å². The molecule has 0 aliphatic carbocycles. The zero-order chi connectivity index (χ0) is 18.9. The van der Waals surface area contributed by atoms with E-state index >= 15 is 0 Å². The van der Waals surface area contributed by atoms with Crippen LogP contribution < -0.4 is 19.7 Å². The van der Waals surface area contributed by atoms with Crippen molar-refractivity contribution in [2.45, 2.75) is 13.1 Å². The van der Waals surface area contributed by atoms with Crippen LogP contribution in [0, 0.1) is 0 Å². The molecule has 2 rings (SSSR count). The first-order valence-electron chi connectivity index (χ1n) is 8.57. The van der Waals surface area contributed by atoms with Crippen molar-refractivity contribution >= 4 is 12.0 Å². The van der Waals surface area contributed by atoms with E-state index in [0.29, 0.717) is 18.0 Å². The predicted molar refractivity (Wildman–Crippen MR) is 103 cm³/mol. The number of quaternary nitrogens is 1. The number of nitrogens with one attached hydrogen (secondary N) is 2. The maximum absolute atomic E-state index is 12.1. The van der Waals surface area contributed by atoms with Crippen LogP contribution in [0.3, 0.4) is 0 Å². The quantitative estimate of drug-likeness (QED) is 0.709. The van der Waals surface area contributed by atoms with Gasteiger partial charge in [0.15, 0.2) is 11.5 Å². The predicted octanol–water partition coefficient (Wildman–Crippen LogP) is 1.68. The summed E-state index contributed by atoms with van der Waals surface area (Å²) in [5.74, 6) is 1.09. The van der Waals surface area contributed by atoms with E-state index in [9.17, 15) is 4.79 Å². The van der Waals surface area contributed by atoms with Crippen molar-refractivity contribution in [2.24, 2.45) is 0 Å². The number of carbonyl (C=O) groups is 1. The Labute approximate surface area is 155 Å². The minimum Gasteiger partial charge on any atom is -0.493 e. The number of hydrogen-bond acceptors (Lipinski definition) is 3. The molecule has 0 heterocycles. The second kappa shape index (κ2) is 9.63. The number of ether oxygens (including phenoxy) is 2. The van der Waals surface area contributed by atoms with E-state index in [-0.39, 0.29) is 5.91 Å². The number of benzene rings is 2. The van der Waals surface area contributed by atoms with Crippen LogP contribution in [-0.4, -0.2) is 34.2 Å². The summed E-state index contributed by atoms with van der Waals surface area (Å²) in [6.07, 6.45) is 3.22. The molecule has 5 nitrogen and oxygen atoms in total. The Hall–Kier alpha value is -2.79.